The second kappa shape index (κ2) is 8.50. The molecule has 0 aliphatic carbocycles. The van der Waals surface area contributed by atoms with Gasteiger partial charge in [-0.05, 0) is 19.8 Å². The van der Waals surface area contributed by atoms with Crippen molar-refractivity contribution in [2.75, 3.05) is 37.0 Å². The average Bonchev–Trinajstić information content (AvgIpc) is 2.45. The highest BCUT2D eigenvalue weighted by Gasteiger charge is 2.12. The van der Waals surface area contributed by atoms with Crippen LogP contribution in [0.3, 0.4) is 0 Å². The van der Waals surface area contributed by atoms with E-state index in [0.29, 0.717) is 17.9 Å². The van der Waals surface area contributed by atoms with Gasteiger partial charge in [0.1, 0.15) is 0 Å². The minimum atomic E-state index is 0.360. The minimum Gasteiger partial charge on any atom is -0.467 e. The van der Waals surface area contributed by atoms with E-state index in [2.05, 4.69) is 45.9 Å². The smallest absolute Gasteiger partial charge is 0.322 e. The lowest BCUT2D eigenvalue weighted by Gasteiger charge is -2.21. The highest BCUT2D eigenvalue weighted by Crippen LogP contribution is 2.15. The topological polar surface area (TPSA) is 63.2 Å². The molecule has 0 fully saturated rings. The van der Waals surface area contributed by atoms with Crippen molar-refractivity contribution in [2.24, 2.45) is 0 Å². The van der Waals surface area contributed by atoms with Crippen molar-refractivity contribution in [3.05, 3.63) is 0 Å². The molecule has 0 spiro atoms. The summed E-state index contributed by atoms with van der Waals surface area (Å²) in [6.45, 7) is 9.05. The summed E-state index contributed by atoms with van der Waals surface area (Å²) in [6.07, 6.45) is 3.30. The number of anilines is 2. The van der Waals surface area contributed by atoms with Gasteiger partial charge in [0.05, 0.1) is 7.11 Å². The van der Waals surface area contributed by atoms with E-state index >= 15 is 0 Å². The van der Waals surface area contributed by atoms with Crippen LogP contribution in [0.2, 0.25) is 0 Å². The lowest BCUT2D eigenvalue weighted by Crippen LogP contribution is -2.26. The van der Waals surface area contributed by atoms with Crippen LogP contribution in [0, 0.1) is 0 Å². The predicted octanol–water partition coefficient (Wildman–Crippen LogP) is 2.33. The number of ether oxygens (including phenoxy) is 1. The number of unbranched alkanes of at least 4 members (excludes halogenated alkanes) is 1. The van der Waals surface area contributed by atoms with Crippen molar-refractivity contribution < 1.29 is 4.74 Å². The first-order chi connectivity index (χ1) is 9.24. The van der Waals surface area contributed by atoms with Crippen LogP contribution in [0.5, 0.6) is 6.01 Å². The third kappa shape index (κ3) is 4.89. The zero-order valence-electron chi connectivity index (χ0n) is 12.4. The summed E-state index contributed by atoms with van der Waals surface area (Å²) in [7, 11) is 1.57. The Morgan fingerprint density at radius 1 is 1.11 bits per heavy atom. The molecule has 6 heteroatoms. The van der Waals surface area contributed by atoms with Gasteiger partial charge in [-0.25, -0.2) is 0 Å². The number of nitrogens with zero attached hydrogens (tertiary/aromatic N) is 4. The Balaban J connectivity index is 2.89. The van der Waals surface area contributed by atoms with Crippen LogP contribution in [0.1, 0.15) is 40.0 Å². The predicted molar refractivity (Wildman–Crippen MR) is 78.0 cm³/mol. The zero-order valence-corrected chi connectivity index (χ0v) is 12.4. The number of hydrogen-bond acceptors (Lipinski definition) is 6. The van der Waals surface area contributed by atoms with Crippen molar-refractivity contribution in [1.82, 2.24) is 15.0 Å². The molecule has 108 valence electrons. The molecule has 0 unspecified atom stereocenters. The molecule has 1 aromatic rings. The second-order valence-electron chi connectivity index (χ2n) is 4.31. The van der Waals surface area contributed by atoms with Crippen molar-refractivity contribution in [3.63, 3.8) is 0 Å². The van der Waals surface area contributed by atoms with Crippen LogP contribution < -0.4 is 15.0 Å². The third-order valence-electron chi connectivity index (χ3n) is 2.76. The van der Waals surface area contributed by atoms with Gasteiger partial charge in [-0.3, -0.25) is 0 Å². The van der Waals surface area contributed by atoms with Crippen molar-refractivity contribution in [3.8, 4) is 6.01 Å². The first-order valence-electron chi connectivity index (χ1n) is 7.03. The Kier molecular flexibility index (Phi) is 6.92. The quantitative estimate of drug-likeness (QED) is 0.741. The Bertz CT molecular complexity index is 372. The molecule has 0 aliphatic rings. The normalized spacial score (nSPS) is 10.3. The van der Waals surface area contributed by atoms with E-state index in [4.69, 9.17) is 4.74 Å². The van der Waals surface area contributed by atoms with Gasteiger partial charge in [-0.1, -0.05) is 20.3 Å². The number of hydrogen-bond donors (Lipinski definition) is 1. The maximum Gasteiger partial charge on any atom is 0.322 e. The number of aromatic nitrogens is 3. The van der Waals surface area contributed by atoms with Crippen LogP contribution >= 0.6 is 0 Å². The summed E-state index contributed by atoms with van der Waals surface area (Å²) in [5, 5.41) is 3.18. The zero-order chi connectivity index (χ0) is 14.1. The molecule has 0 saturated heterocycles. The summed E-state index contributed by atoms with van der Waals surface area (Å²) >= 11 is 0. The number of methoxy groups -OCH3 is 1. The van der Waals surface area contributed by atoms with Crippen LogP contribution in [0.25, 0.3) is 0 Å². The molecular weight excluding hydrogens is 242 g/mol. The van der Waals surface area contributed by atoms with Crippen LogP contribution in [-0.4, -0.2) is 41.7 Å². The molecule has 1 N–H and O–H groups in total. The van der Waals surface area contributed by atoms with Gasteiger partial charge < -0.3 is 15.0 Å². The Morgan fingerprint density at radius 3 is 2.47 bits per heavy atom. The van der Waals surface area contributed by atoms with Gasteiger partial charge in [-0.15, -0.1) is 0 Å². The lowest BCUT2D eigenvalue weighted by atomic mass is 10.3. The van der Waals surface area contributed by atoms with E-state index in [9.17, 15) is 0 Å². The fraction of sp³-hybridized carbons (Fsp3) is 0.769. The molecule has 0 atom stereocenters. The standard InChI is InChI=1S/C13H25N5O/c1-5-8-10-18(7-3)12-15-11(14-9-6-2)16-13(17-12)19-4/h5-10H2,1-4H3,(H,14,15,16,17). The van der Waals surface area contributed by atoms with Gasteiger partial charge >= 0.3 is 6.01 Å². The van der Waals surface area contributed by atoms with Gasteiger partial charge in [0.15, 0.2) is 0 Å². The largest absolute Gasteiger partial charge is 0.467 e. The molecular formula is C13H25N5O. The summed E-state index contributed by atoms with van der Waals surface area (Å²) in [5.74, 6) is 1.26. The fourth-order valence-electron chi connectivity index (χ4n) is 1.64. The second-order valence-corrected chi connectivity index (χ2v) is 4.31. The monoisotopic (exact) mass is 267 g/mol. The summed E-state index contributed by atoms with van der Waals surface area (Å²) in [5.41, 5.74) is 0. The molecule has 0 saturated carbocycles. The van der Waals surface area contributed by atoms with Crippen LogP contribution in [0.15, 0.2) is 0 Å². The highest BCUT2D eigenvalue weighted by molar-refractivity contribution is 5.38. The molecule has 6 nitrogen and oxygen atoms in total. The lowest BCUT2D eigenvalue weighted by molar-refractivity contribution is 0.378. The first-order valence-corrected chi connectivity index (χ1v) is 7.03. The molecule has 0 aliphatic heterocycles. The number of nitrogens with one attached hydrogen (secondary N) is 1. The average molecular weight is 267 g/mol. The molecule has 0 bridgehead atoms. The van der Waals surface area contributed by atoms with Crippen molar-refractivity contribution in [2.45, 2.75) is 40.0 Å². The van der Waals surface area contributed by atoms with E-state index < -0.39 is 0 Å². The molecule has 0 amide bonds. The number of rotatable bonds is 9. The maximum absolute atomic E-state index is 5.15. The highest BCUT2D eigenvalue weighted by atomic mass is 16.5. The molecule has 0 aromatic carbocycles. The third-order valence-corrected chi connectivity index (χ3v) is 2.76. The fourth-order valence-corrected chi connectivity index (χ4v) is 1.64. The Labute approximate surface area is 115 Å². The Morgan fingerprint density at radius 2 is 1.89 bits per heavy atom. The van der Waals surface area contributed by atoms with Gasteiger partial charge in [0.25, 0.3) is 0 Å². The summed E-state index contributed by atoms with van der Waals surface area (Å²) in [4.78, 5) is 15.1. The van der Waals surface area contributed by atoms with E-state index in [-0.39, 0.29) is 0 Å². The van der Waals surface area contributed by atoms with Gasteiger partial charge in [0, 0.05) is 19.6 Å². The maximum atomic E-state index is 5.15. The van der Waals surface area contributed by atoms with E-state index in [0.717, 1.165) is 38.9 Å². The van der Waals surface area contributed by atoms with E-state index in [1.165, 1.54) is 0 Å². The molecule has 19 heavy (non-hydrogen) atoms. The minimum absolute atomic E-state index is 0.360. The van der Waals surface area contributed by atoms with E-state index in [1.54, 1.807) is 7.11 Å². The van der Waals surface area contributed by atoms with Crippen molar-refractivity contribution in [1.29, 1.82) is 0 Å². The van der Waals surface area contributed by atoms with Crippen LogP contribution in [0.4, 0.5) is 11.9 Å². The molecule has 1 heterocycles. The Hall–Kier alpha value is -1.59. The van der Waals surface area contributed by atoms with Crippen LogP contribution in [-0.2, 0) is 0 Å². The summed E-state index contributed by atoms with van der Waals surface area (Å²) < 4.78 is 5.15. The van der Waals surface area contributed by atoms with Gasteiger partial charge in [0.2, 0.25) is 11.9 Å². The SMILES string of the molecule is CCCCN(CC)c1nc(NCCC)nc(OC)n1. The molecule has 1 rings (SSSR count). The van der Waals surface area contributed by atoms with E-state index in [1.807, 2.05) is 0 Å². The first kappa shape index (κ1) is 15.5. The molecule has 1 aromatic heterocycles. The van der Waals surface area contributed by atoms with Crippen molar-refractivity contribution >= 4 is 11.9 Å². The van der Waals surface area contributed by atoms with Gasteiger partial charge in [-0.2, -0.15) is 15.0 Å². The summed E-state index contributed by atoms with van der Waals surface area (Å²) in [6, 6.07) is 0.360. The molecule has 0 radical (unpaired) electrons.